The topological polar surface area (TPSA) is 101 Å². The van der Waals surface area contributed by atoms with Crippen molar-refractivity contribution in [1.82, 2.24) is 15.6 Å². The number of urea groups is 1. The van der Waals surface area contributed by atoms with E-state index in [9.17, 15) is 14.4 Å². The quantitative estimate of drug-likeness (QED) is 0.547. The zero-order valence-electron chi connectivity index (χ0n) is 13.2. The molecule has 8 heteroatoms. The van der Waals surface area contributed by atoms with Crippen LogP contribution in [-0.4, -0.2) is 22.8 Å². The Morgan fingerprint density at radius 2 is 1.73 bits per heavy atom. The minimum absolute atomic E-state index is 0.192. The van der Waals surface area contributed by atoms with E-state index in [4.69, 9.17) is 4.42 Å². The molecule has 7 nitrogen and oxygen atoms in total. The van der Waals surface area contributed by atoms with Crippen LogP contribution in [0.5, 0.6) is 0 Å². The first-order chi connectivity index (χ1) is 12.6. The van der Waals surface area contributed by atoms with Gasteiger partial charge in [0.05, 0.1) is 5.52 Å². The zero-order chi connectivity index (χ0) is 18.1. The first kappa shape index (κ1) is 16.1. The van der Waals surface area contributed by atoms with E-state index >= 15 is 0 Å². The number of fused-ring (bicyclic) bond motifs is 1. The molecule has 4 rings (SSSR count). The van der Waals surface area contributed by atoms with Gasteiger partial charge in [-0.15, -0.1) is 0 Å². The summed E-state index contributed by atoms with van der Waals surface area (Å²) < 4.78 is 5.68. The van der Waals surface area contributed by atoms with Gasteiger partial charge < -0.3 is 4.42 Å². The number of hydrogen-bond acceptors (Lipinski definition) is 6. The Morgan fingerprint density at radius 1 is 0.962 bits per heavy atom. The molecule has 0 atom stereocenters. The van der Waals surface area contributed by atoms with Crippen molar-refractivity contribution >= 4 is 46.6 Å². The first-order valence-corrected chi connectivity index (χ1v) is 8.41. The smallest absolute Gasteiger partial charge is 0.328 e. The molecule has 1 aliphatic rings. The average Bonchev–Trinajstić information content (AvgIpc) is 3.06. The third-order valence-electron chi connectivity index (χ3n) is 3.64. The molecule has 0 unspecified atom stereocenters. The van der Waals surface area contributed by atoms with Gasteiger partial charge in [0, 0.05) is 16.5 Å². The lowest BCUT2D eigenvalue weighted by atomic mass is 10.1. The van der Waals surface area contributed by atoms with Crippen molar-refractivity contribution in [2.75, 3.05) is 0 Å². The highest BCUT2D eigenvalue weighted by atomic mass is 32.2. The summed E-state index contributed by atoms with van der Waals surface area (Å²) in [5, 5.41) is 5.63. The second-order valence-electron chi connectivity index (χ2n) is 5.39. The van der Waals surface area contributed by atoms with Crippen molar-refractivity contribution in [3.63, 3.8) is 0 Å². The Balaban J connectivity index is 1.60. The van der Waals surface area contributed by atoms with Crippen LogP contribution in [0.1, 0.15) is 5.76 Å². The molecule has 0 spiro atoms. The van der Waals surface area contributed by atoms with Crippen molar-refractivity contribution in [3.8, 4) is 0 Å². The number of benzene rings is 1. The molecule has 0 saturated carbocycles. The monoisotopic (exact) mass is 365 g/mol. The predicted octanol–water partition coefficient (Wildman–Crippen LogP) is 2.73. The number of pyridine rings is 1. The molecule has 3 heterocycles. The second-order valence-corrected chi connectivity index (χ2v) is 6.43. The largest absolute Gasteiger partial charge is 0.450 e. The van der Waals surface area contributed by atoms with Crippen LogP contribution in [0.3, 0.4) is 0 Å². The molecule has 1 aliphatic heterocycles. The highest BCUT2D eigenvalue weighted by Gasteiger charge is 2.28. The Labute approximate surface area is 151 Å². The van der Waals surface area contributed by atoms with Gasteiger partial charge in [0.25, 0.3) is 11.8 Å². The zero-order valence-corrected chi connectivity index (χ0v) is 14.0. The van der Waals surface area contributed by atoms with Crippen LogP contribution in [0.15, 0.2) is 68.6 Å². The van der Waals surface area contributed by atoms with Gasteiger partial charge in [-0.05, 0) is 42.1 Å². The summed E-state index contributed by atoms with van der Waals surface area (Å²) in [7, 11) is 0. The Morgan fingerprint density at radius 3 is 2.54 bits per heavy atom. The van der Waals surface area contributed by atoms with Crippen molar-refractivity contribution in [2.24, 2.45) is 0 Å². The summed E-state index contributed by atoms with van der Waals surface area (Å²) in [5.41, 5.74) is 0.670. The minimum Gasteiger partial charge on any atom is -0.450 e. The first-order valence-electron chi connectivity index (χ1n) is 7.60. The number of nitrogens with one attached hydrogen (secondary N) is 2. The number of furan rings is 1. The molecule has 1 fully saturated rings. The number of carbonyl (C=O) groups is 3. The number of nitrogens with zero attached hydrogens (tertiary/aromatic N) is 1. The van der Waals surface area contributed by atoms with E-state index < -0.39 is 17.8 Å². The van der Waals surface area contributed by atoms with E-state index in [2.05, 4.69) is 4.98 Å². The van der Waals surface area contributed by atoms with Crippen molar-refractivity contribution in [2.45, 2.75) is 9.99 Å². The SMILES string of the molecule is O=C1NC(=O)C(=Cc2ccc(Sc3cccc4cccnc34)o2)C(=O)N1. The fourth-order valence-electron chi connectivity index (χ4n) is 2.48. The summed E-state index contributed by atoms with van der Waals surface area (Å²) >= 11 is 1.39. The molecule has 2 aromatic heterocycles. The van der Waals surface area contributed by atoms with E-state index in [1.165, 1.54) is 17.8 Å². The summed E-state index contributed by atoms with van der Waals surface area (Å²) in [6, 6.07) is 12.3. The molecule has 0 aliphatic carbocycles. The Bertz CT molecular complexity index is 1060. The van der Waals surface area contributed by atoms with Crippen molar-refractivity contribution in [1.29, 1.82) is 0 Å². The third-order valence-corrected chi connectivity index (χ3v) is 4.61. The van der Waals surface area contributed by atoms with E-state index in [1.54, 1.807) is 18.3 Å². The summed E-state index contributed by atoms with van der Waals surface area (Å²) in [6.07, 6.45) is 3.02. The van der Waals surface area contributed by atoms with Gasteiger partial charge in [0.15, 0.2) is 5.09 Å². The molecule has 1 aromatic carbocycles. The number of imide groups is 2. The lowest BCUT2D eigenvalue weighted by Crippen LogP contribution is -2.51. The molecule has 4 amide bonds. The summed E-state index contributed by atoms with van der Waals surface area (Å²) in [6.45, 7) is 0. The number of para-hydroxylation sites is 1. The van der Waals surface area contributed by atoms with E-state index in [-0.39, 0.29) is 5.57 Å². The van der Waals surface area contributed by atoms with Gasteiger partial charge in [-0.25, -0.2) is 4.79 Å². The minimum atomic E-state index is -0.837. The molecular weight excluding hydrogens is 354 g/mol. The lowest BCUT2D eigenvalue weighted by Gasteiger charge is -2.13. The van der Waals surface area contributed by atoms with Gasteiger partial charge in [0.2, 0.25) is 0 Å². The highest BCUT2D eigenvalue weighted by molar-refractivity contribution is 7.99. The van der Waals surface area contributed by atoms with Crippen LogP contribution < -0.4 is 10.6 Å². The van der Waals surface area contributed by atoms with Gasteiger partial charge in [-0.1, -0.05) is 18.2 Å². The van der Waals surface area contributed by atoms with Gasteiger partial charge in [-0.2, -0.15) is 0 Å². The third kappa shape index (κ3) is 3.09. The molecular formula is C18H11N3O4S. The van der Waals surface area contributed by atoms with Gasteiger partial charge in [0.1, 0.15) is 11.3 Å². The van der Waals surface area contributed by atoms with Gasteiger partial charge in [-0.3, -0.25) is 25.2 Å². The van der Waals surface area contributed by atoms with Crippen LogP contribution in [-0.2, 0) is 9.59 Å². The normalized spacial score (nSPS) is 14.3. The van der Waals surface area contributed by atoms with Crippen LogP contribution in [0.25, 0.3) is 17.0 Å². The molecule has 1 saturated heterocycles. The highest BCUT2D eigenvalue weighted by Crippen LogP contribution is 2.33. The van der Waals surface area contributed by atoms with Crippen LogP contribution in [0.2, 0.25) is 0 Å². The summed E-state index contributed by atoms with van der Waals surface area (Å²) in [4.78, 5) is 39.9. The van der Waals surface area contributed by atoms with E-state index in [1.807, 2.05) is 41.0 Å². The maximum absolute atomic E-state index is 11.7. The lowest BCUT2D eigenvalue weighted by molar-refractivity contribution is -0.123. The Hall–Kier alpha value is -3.39. The molecule has 0 radical (unpaired) electrons. The number of carbonyl (C=O) groups excluding carboxylic acids is 3. The second kappa shape index (κ2) is 6.49. The maximum atomic E-state index is 11.7. The molecule has 2 N–H and O–H groups in total. The predicted molar refractivity (Wildman–Crippen MR) is 94.2 cm³/mol. The van der Waals surface area contributed by atoms with Crippen LogP contribution in [0.4, 0.5) is 4.79 Å². The number of amides is 4. The maximum Gasteiger partial charge on any atom is 0.328 e. The Kier molecular flexibility index (Phi) is 4.02. The fourth-order valence-corrected chi connectivity index (χ4v) is 3.39. The fraction of sp³-hybridized carbons (Fsp3) is 0. The van der Waals surface area contributed by atoms with Gasteiger partial charge >= 0.3 is 6.03 Å². The number of aromatic nitrogens is 1. The van der Waals surface area contributed by atoms with Crippen molar-refractivity contribution in [3.05, 3.63) is 60.0 Å². The van der Waals surface area contributed by atoms with E-state index in [0.717, 1.165) is 15.8 Å². The van der Waals surface area contributed by atoms with Crippen molar-refractivity contribution < 1.29 is 18.8 Å². The molecule has 3 aromatic rings. The number of hydrogen-bond donors (Lipinski definition) is 2. The van der Waals surface area contributed by atoms with E-state index in [0.29, 0.717) is 10.9 Å². The van der Waals surface area contributed by atoms with Crippen LogP contribution >= 0.6 is 11.8 Å². The number of rotatable bonds is 3. The molecule has 26 heavy (non-hydrogen) atoms. The summed E-state index contributed by atoms with van der Waals surface area (Å²) in [5.74, 6) is -1.19. The average molecular weight is 365 g/mol. The number of barbiturate groups is 1. The molecule has 0 bridgehead atoms. The van der Waals surface area contributed by atoms with Crippen LogP contribution in [0, 0.1) is 0 Å². The molecule has 128 valence electrons. The standard InChI is InChI=1S/C18H11N3O4S/c22-16-12(17(23)21-18(24)20-16)9-11-6-7-14(25-11)26-13-5-1-3-10-4-2-8-19-15(10)13/h1-9H,(H2,20,21,22,23,24).